The number of carbonyl (C=O) groups excluding carboxylic acids is 1. The molecule has 1 aromatic heterocycles. The number of hydrogen-bond acceptors (Lipinski definition) is 3. The molecule has 1 atom stereocenters. The molecule has 3 rings (SSSR count). The van der Waals surface area contributed by atoms with Crippen LogP contribution in [0.25, 0.3) is 0 Å². The van der Waals surface area contributed by atoms with Crippen molar-refractivity contribution in [3.63, 3.8) is 0 Å². The van der Waals surface area contributed by atoms with Gasteiger partial charge in [0, 0.05) is 23.6 Å². The predicted molar refractivity (Wildman–Crippen MR) is 95.5 cm³/mol. The number of aryl methyl sites for hydroxylation is 3. The summed E-state index contributed by atoms with van der Waals surface area (Å²) in [5, 5.41) is 2.30. The number of carbonyl (C=O) groups is 1. The Labute approximate surface area is 140 Å². The Balaban J connectivity index is 1.66. The summed E-state index contributed by atoms with van der Waals surface area (Å²) >= 11 is 3.63. The Morgan fingerprint density at radius 1 is 1.23 bits per heavy atom. The normalized spacial score (nSPS) is 17.9. The number of thiophene rings is 1. The van der Waals surface area contributed by atoms with Crippen LogP contribution in [-0.2, 0) is 11.2 Å². The van der Waals surface area contributed by atoms with E-state index in [4.69, 9.17) is 0 Å². The second-order valence-corrected chi connectivity index (χ2v) is 7.94. The molecule has 0 N–H and O–H groups in total. The second kappa shape index (κ2) is 6.88. The van der Waals surface area contributed by atoms with Gasteiger partial charge in [-0.15, -0.1) is 23.1 Å². The number of thioether (sulfide) groups is 1. The van der Waals surface area contributed by atoms with Crippen LogP contribution in [0.15, 0.2) is 35.7 Å². The number of hydrogen-bond donors (Lipinski definition) is 0. The van der Waals surface area contributed by atoms with Gasteiger partial charge in [-0.1, -0.05) is 29.8 Å². The first kappa shape index (κ1) is 15.6. The summed E-state index contributed by atoms with van der Waals surface area (Å²) < 4.78 is 0. The third kappa shape index (κ3) is 3.39. The first-order chi connectivity index (χ1) is 10.6. The fraction of sp³-hybridized carbons (Fsp3) is 0.389. The molecule has 116 valence electrons. The minimum absolute atomic E-state index is 0.192. The molecule has 1 saturated heterocycles. The van der Waals surface area contributed by atoms with Gasteiger partial charge in [-0.3, -0.25) is 4.79 Å². The third-order valence-electron chi connectivity index (χ3n) is 4.11. The maximum atomic E-state index is 12.6. The first-order valence-electron chi connectivity index (χ1n) is 7.66. The molecule has 1 aliphatic rings. The SMILES string of the molecule is Cc1ccc(C2SCCN2C(=O)CCc2sccc2C)cc1. The van der Waals surface area contributed by atoms with Gasteiger partial charge < -0.3 is 4.90 Å². The smallest absolute Gasteiger partial charge is 0.224 e. The molecule has 0 saturated carbocycles. The molecule has 22 heavy (non-hydrogen) atoms. The van der Waals surface area contributed by atoms with E-state index in [2.05, 4.69) is 54.5 Å². The summed E-state index contributed by atoms with van der Waals surface area (Å²) in [6.07, 6.45) is 1.48. The molecule has 1 aliphatic heterocycles. The zero-order chi connectivity index (χ0) is 15.5. The lowest BCUT2D eigenvalue weighted by Gasteiger charge is -2.24. The fourth-order valence-electron chi connectivity index (χ4n) is 2.76. The number of rotatable bonds is 4. The predicted octanol–water partition coefficient (Wildman–Crippen LogP) is 4.57. The maximum Gasteiger partial charge on any atom is 0.224 e. The molecule has 1 aromatic carbocycles. The summed E-state index contributed by atoms with van der Waals surface area (Å²) in [5.74, 6) is 1.31. The van der Waals surface area contributed by atoms with Crippen LogP contribution in [0.1, 0.15) is 33.4 Å². The molecule has 0 aliphatic carbocycles. The van der Waals surface area contributed by atoms with Gasteiger partial charge in [-0.05, 0) is 42.8 Å². The molecular formula is C18H21NOS2. The Morgan fingerprint density at radius 2 is 2.00 bits per heavy atom. The Morgan fingerprint density at radius 3 is 2.68 bits per heavy atom. The van der Waals surface area contributed by atoms with Gasteiger partial charge in [-0.25, -0.2) is 0 Å². The van der Waals surface area contributed by atoms with Crippen LogP contribution >= 0.6 is 23.1 Å². The van der Waals surface area contributed by atoms with E-state index >= 15 is 0 Å². The quantitative estimate of drug-likeness (QED) is 0.818. The van der Waals surface area contributed by atoms with Gasteiger partial charge in [0.2, 0.25) is 5.91 Å². The summed E-state index contributed by atoms with van der Waals surface area (Å²) in [6, 6.07) is 10.7. The van der Waals surface area contributed by atoms with Crippen LogP contribution in [0.2, 0.25) is 0 Å². The third-order valence-corrected chi connectivity index (χ3v) is 6.45. The molecule has 0 bridgehead atoms. The highest BCUT2D eigenvalue weighted by Crippen LogP contribution is 2.38. The average molecular weight is 332 g/mol. The van der Waals surface area contributed by atoms with Crippen LogP contribution < -0.4 is 0 Å². The van der Waals surface area contributed by atoms with E-state index in [-0.39, 0.29) is 11.3 Å². The molecule has 0 spiro atoms. The minimum atomic E-state index is 0.192. The van der Waals surface area contributed by atoms with Crippen molar-refractivity contribution in [2.45, 2.75) is 32.1 Å². The molecule has 1 amide bonds. The highest BCUT2D eigenvalue weighted by Gasteiger charge is 2.30. The van der Waals surface area contributed by atoms with Crippen molar-refractivity contribution in [2.75, 3.05) is 12.3 Å². The zero-order valence-electron chi connectivity index (χ0n) is 13.0. The topological polar surface area (TPSA) is 20.3 Å². The number of nitrogens with zero attached hydrogens (tertiary/aromatic N) is 1. The molecular weight excluding hydrogens is 310 g/mol. The number of benzene rings is 1. The highest BCUT2D eigenvalue weighted by atomic mass is 32.2. The van der Waals surface area contributed by atoms with Gasteiger partial charge in [0.1, 0.15) is 5.37 Å². The zero-order valence-corrected chi connectivity index (χ0v) is 14.7. The maximum absolute atomic E-state index is 12.6. The Hall–Kier alpha value is -1.26. The van der Waals surface area contributed by atoms with E-state index in [9.17, 15) is 4.79 Å². The van der Waals surface area contributed by atoms with Gasteiger partial charge >= 0.3 is 0 Å². The summed E-state index contributed by atoms with van der Waals surface area (Å²) in [6.45, 7) is 5.08. The second-order valence-electron chi connectivity index (χ2n) is 5.75. The van der Waals surface area contributed by atoms with Crippen molar-refractivity contribution >= 4 is 29.0 Å². The summed E-state index contributed by atoms with van der Waals surface area (Å²) in [4.78, 5) is 16.0. The number of amides is 1. The van der Waals surface area contributed by atoms with E-state index in [1.807, 2.05) is 11.8 Å². The largest absolute Gasteiger partial charge is 0.326 e. The molecule has 1 fully saturated rings. The van der Waals surface area contributed by atoms with Crippen LogP contribution in [0, 0.1) is 13.8 Å². The standard InChI is InChI=1S/C18H21NOS2/c1-13-3-5-15(6-4-13)18-19(10-12-22-18)17(20)8-7-16-14(2)9-11-21-16/h3-6,9,11,18H,7-8,10,12H2,1-2H3. The van der Waals surface area contributed by atoms with Crippen molar-refractivity contribution in [1.29, 1.82) is 0 Å². The van der Waals surface area contributed by atoms with E-state index in [0.29, 0.717) is 6.42 Å². The summed E-state index contributed by atoms with van der Waals surface area (Å²) in [5.41, 5.74) is 3.82. The van der Waals surface area contributed by atoms with Crippen LogP contribution in [0.3, 0.4) is 0 Å². The molecule has 2 heterocycles. The molecule has 2 nitrogen and oxygen atoms in total. The highest BCUT2D eigenvalue weighted by molar-refractivity contribution is 7.99. The van der Waals surface area contributed by atoms with Gasteiger partial charge in [0.25, 0.3) is 0 Å². The Bertz CT molecular complexity index is 647. The molecule has 1 unspecified atom stereocenters. The lowest BCUT2D eigenvalue weighted by Crippen LogP contribution is -2.30. The van der Waals surface area contributed by atoms with E-state index in [0.717, 1.165) is 18.7 Å². The minimum Gasteiger partial charge on any atom is -0.326 e. The van der Waals surface area contributed by atoms with E-state index < -0.39 is 0 Å². The monoisotopic (exact) mass is 331 g/mol. The average Bonchev–Trinajstić information content (AvgIpc) is 3.15. The van der Waals surface area contributed by atoms with Gasteiger partial charge in [-0.2, -0.15) is 0 Å². The van der Waals surface area contributed by atoms with Crippen molar-refractivity contribution < 1.29 is 4.79 Å². The molecule has 2 aromatic rings. The summed E-state index contributed by atoms with van der Waals surface area (Å²) in [7, 11) is 0. The van der Waals surface area contributed by atoms with Gasteiger partial charge in [0.15, 0.2) is 0 Å². The van der Waals surface area contributed by atoms with Gasteiger partial charge in [0.05, 0.1) is 0 Å². The van der Waals surface area contributed by atoms with E-state index in [1.165, 1.54) is 21.6 Å². The van der Waals surface area contributed by atoms with Crippen LogP contribution in [0.4, 0.5) is 0 Å². The van der Waals surface area contributed by atoms with Crippen molar-refractivity contribution in [3.05, 3.63) is 57.3 Å². The van der Waals surface area contributed by atoms with Crippen LogP contribution in [0.5, 0.6) is 0 Å². The Kier molecular flexibility index (Phi) is 4.89. The van der Waals surface area contributed by atoms with Crippen molar-refractivity contribution in [3.8, 4) is 0 Å². The first-order valence-corrected chi connectivity index (χ1v) is 9.58. The van der Waals surface area contributed by atoms with Crippen LogP contribution in [-0.4, -0.2) is 23.1 Å². The van der Waals surface area contributed by atoms with Crippen molar-refractivity contribution in [2.24, 2.45) is 0 Å². The molecule has 0 radical (unpaired) electrons. The lowest BCUT2D eigenvalue weighted by atomic mass is 10.1. The fourth-order valence-corrected chi connectivity index (χ4v) is 4.95. The lowest BCUT2D eigenvalue weighted by molar-refractivity contribution is -0.131. The van der Waals surface area contributed by atoms with E-state index in [1.54, 1.807) is 11.3 Å². The molecule has 4 heteroatoms. The van der Waals surface area contributed by atoms with Crippen molar-refractivity contribution in [1.82, 2.24) is 4.90 Å².